The molecule has 0 spiro atoms. The van der Waals surface area contributed by atoms with Crippen LogP contribution in [0.5, 0.6) is 0 Å². The summed E-state index contributed by atoms with van der Waals surface area (Å²) in [7, 11) is 0. The minimum Gasteiger partial charge on any atom is -0.351 e. The van der Waals surface area contributed by atoms with Gasteiger partial charge in [-0.1, -0.05) is 13.8 Å². The number of aryl methyl sites for hydroxylation is 1. The second-order valence-corrected chi connectivity index (χ2v) is 7.30. The van der Waals surface area contributed by atoms with Crippen molar-refractivity contribution >= 4 is 16.9 Å². The highest BCUT2D eigenvalue weighted by Gasteiger charge is 2.20. The minimum atomic E-state index is -0.584. The molecule has 3 N–H and O–H groups in total. The summed E-state index contributed by atoms with van der Waals surface area (Å²) >= 11 is 0. The number of piperazine rings is 1. The Bertz CT molecular complexity index is 972. The molecule has 1 amide bonds. The van der Waals surface area contributed by atoms with Gasteiger partial charge in [-0.25, -0.2) is 9.78 Å². The van der Waals surface area contributed by atoms with E-state index in [0.29, 0.717) is 18.8 Å². The number of aromatic amines is 1. The zero-order valence-corrected chi connectivity index (χ0v) is 16.7. The highest BCUT2D eigenvalue weighted by atomic mass is 16.2. The van der Waals surface area contributed by atoms with Gasteiger partial charge in [-0.2, -0.15) is 0 Å². The van der Waals surface area contributed by atoms with Crippen LogP contribution in [0.1, 0.15) is 42.7 Å². The first-order chi connectivity index (χ1) is 13.4. The molecule has 3 heterocycles. The Hall–Kier alpha value is -2.52. The fourth-order valence-electron chi connectivity index (χ4n) is 3.42. The molecule has 2 aromatic rings. The molecule has 152 valence electrons. The third-order valence-electron chi connectivity index (χ3n) is 5.04. The molecule has 0 saturated carbocycles. The Kier molecular flexibility index (Phi) is 6.25. The lowest BCUT2D eigenvalue weighted by molar-refractivity contribution is 0.0948. The third kappa shape index (κ3) is 4.15. The number of hydrogen-bond acceptors (Lipinski definition) is 6. The van der Waals surface area contributed by atoms with Gasteiger partial charge in [-0.05, 0) is 18.9 Å². The number of rotatable bonds is 6. The standard InChI is InChI=1S/C19H28N6O3/c1-4-25-16-15(18(27)23-19(25)28)13(11-14(22-16)12(2)3)17(26)21-7-10-24-8-5-20-6-9-24/h11-12,20H,4-10H2,1-3H3,(H,21,26)(H,23,27,28). The van der Waals surface area contributed by atoms with E-state index in [1.54, 1.807) is 13.0 Å². The Morgan fingerprint density at radius 1 is 1.29 bits per heavy atom. The highest BCUT2D eigenvalue weighted by molar-refractivity contribution is 6.05. The Balaban J connectivity index is 1.95. The molecule has 9 heteroatoms. The smallest absolute Gasteiger partial charge is 0.329 e. The van der Waals surface area contributed by atoms with Crippen molar-refractivity contribution in [2.24, 2.45) is 0 Å². The number of carbonyl (C=O) groups is 1. The second kappa shape index (κ2) is 8.66. The molecule has 2 aromatic heterocycles. The van der Waals surface area contributed by atoms with E-state index in [0.717, 1.165) is 32.7 Å². The summed E-state index contributed by atoms with van der Waals surface area (Å²) < 4.78 is 1.39. The normalized spacial score (nSPS) is 15.3. The van der Waals surface area contributed by atoms with Gasteiger partial charge in [0, 0.05) is 51.5 Å². The fourth-order valence-corrected chi connectivity index (χ4v) is 3.42. The molecule has 0 bridgehead atoms. The molecule has 1 saturated heterocycles. The SMILES string of the molecule is CCn1c(=O)[nH]c(=O)c2c(C(=O)NCCN3CCNCC3)cc(C(C)C)nc21. The third-order valence-corrected chi connectivity index (χ3v) is 5.04. The molecule has 0 aliphatic carbocycles. The molecule has 28 heavy (non-hydrogen) atoms. The highest BCUT2D eigenvalue weighted by Crippen LogP contribution is 2.19. The van der Waals surface area contributed by atoms with Crippen LogP contribution < -0.4 is 21.9 Å². The van der Waals surface area contributed by atoms with E-state index in [1.807, 2.05) is 13.8 Å². The number of nitrogens with one attached hydrogen (secondary N) is 3. The van der Waals surface area contributed by atoms with Crippen molar-refractivity contribution in [1.29, 1.82) is 0 Å². The molecule has 0 radical (unpaired) electrons. The van der Waals surface area contributed by atoms with Crippen LogP contribution in [0.3, 0.4) is 0 Å². The summed E-state index contributed by atoms with van der Waals surface area (Å²) in [6, 6.07) is 1.66. The molecule has 0 unspecified atom stereocenters. The lowest BCUT2D eigenvalue weighted by atomic mass is 10.0. The zero-order chi connectivity index (χ0) is 20.3. The molecule has 1 aliphatic rings. The molecular formula is C19H28N6O3. The van der Waals surface area contributed by atoms with Crippen LogP contribution in [0, 0.1) is 0 Å². The van der Waals surface area contributed by atoms with Gasteiger partial charge in [-0.15, -0.1) is 0 Å². The number of nitrogens with zero attached hydrogens (tertiary/aromatic N) is 3. The summed E-state index contributed by atoms with van der Waals surface area (Å²) in [5.74, 6) is -0.271. The van der Waals surface area contributed by atoms with Crippen molar-refractivity contribution in [3.63, 3.8) is 0 Å². The topological polar surface area (TPSA) is 112 Å². The molecule has 0 aromatic carbocycles. The average molecular weight is 388 g/mol. The molecular weight excluding hydrogens is 360 g/mol. The fraction of sp³-hybridized carbons (Fsp3) is 0.579. The summed E-state index contributed by atoms with van der Waals surface area (Å²) in [4.78, 5) is 46.6. The van der Waals surface area contributed by atoms with Gasteiger partial charge in [0.25, 0.3) is 11.5 Å². The molecule has 0 atom stereocenters. The van der Waals surface area contributed by atoms with Gasteiger partial charge in [-0.3, -0.25) is 24.0 Å². The quantitative estimate of drug-likeness (QED) is 0.635. The lowest BCUT2D eigenvalue weighted by Gasteiger charge is -2.27. The Labute approximate surface area is 163 Å². The summed E-state index contributed by atoms with van der Waals surface area (Å²) in [5.41, 5.74) is 0.0948. The second-order valence-electron chi connectivity index (χ2n) is 7.30. The van der Waals surface area contributed by atoms with E-state index >= 15 is 0 Å². The van der Waals surface area contributed by atoms with Crippen LogP contribution in [0.25, 0.3) is 11.0 Å². The van der Waals surface area contributed by atoms with Crippen molar-refractivity contribution in [2.45, 2.75) is 33.2 Å². The molecule has 3 rings (SSSR count). The molecule has 9 nitrogen and oxygen atoms in total. The van der Waals surface area contributed by atoms with E-state index in [4.69, 9.17) is 0 Å². The summed E-state index contributed by atoms with van der Waals surface area (Å²) in [6.07, 6.45) is 0. The average Bonchev–Trinajstić information content (AvgIpc) is 2.68. The van der Waals surface area contributed by atoms with Gasteiger partial charge in [0.1, 0.15) is 0 Å². The van der Waals surface area contributed by atoms with Gasteiger partial charge < -0.3 is 10.6 Å². The first kappa shape index (κ1) is 20.2. The largest absolute Gasteiger partial charge is 0.351 e. The maximum absolute atomic E-state index is 12.9. The van der Waals surface area contributed by atoms with E-state index in [2.05, 4.69) is 25.5 Å². The van der Waals surface area contributed by atoms with Crippen LogP contribution in [0.2, 0.25) is 0 Å². The van der Waals surface area contributed by atoms with E-state index in [-0.39, 0.29) is 28.4 Å². The van der Waals surface area contributed by atoms with Crippen LogP contribution in [0.4, 0.5) is 0 Å². The first-order valence-corrected chi connectivity index (χ1v) is 9.81. The maximum Gasteiger partial charge on any atom is 0.329 e. The van der Waals surface area contributed by atoms with Crippen molar-refractivity contribution in [3.05, 3.63) is 38.2 Å². The Morgan fingerprint density at radius 2 is 2.00 bits per heavy atom. The lowest BCUT2D eigenvalue weighted by Crippen LogP contribution is -2.46. The molecule has 1 aliphatic heterocycles. The van der Waals surface area contributed by atoms with Gasteiger partial charge in [0.15, 0.2) is 5.65 Å². The predicted molar refractivity (Wildman–Crippen MR) is 108 cm³/mol. The zero-order valence-electron chi connectivity index (χ0n) is 16.7. The number of amides is 1. The molecule has 1 fully saturated rings. The van der Waals surface area contributed by atoms with Crippen LogP contribution in [0.15, 0.2) is 15.7 Å². The maximum atomic E-state index is 12.9. The minimum absolute atomic E-state index is 0.0523. The predicted octanol–water partition coefficient (Wildman–Crippen LogP) is -0.137. The Morgan fingerprint density at radius 3 is 2.64 bits per heavy atom. The number of H-pyrrole nitrogens is 1. The number of hydrogen-bond donors (Lipinski definition) is 3. The van der Waals surface area contributed by atoms with Crippen molar-refractivity contribution in [3.8, 4) is 0 Å². The van der Waals surface area contributed by atoms with Crippen molar-refractivity contribution in [1.82, 2.24) is 30.1 Å². The number of fused-ring (bicyclic) bond motifs is 1. The van der Waals surface area contributed by atoms with Crippen molar-refractivity contribution < 1.29 is 4.79 Å². The monoisotopic (exact) mass is 388 g/mol. The summed E-state index contributed by atoms with van der Waals surface area (Å²) in [6.45, 7) is 11.1. The summed E-state index contributed by atoms with van der Waals surface area (Å²) in [5, 5.41) is 6.37. The van der Waals surface area contributed by atoms with E-state index < -0.39 is 11.2 Å². The number of carbonyl (C=O) groups excluding carboxylic acids is 1. The van der Waals surface area contributed by atoms with Gasteiger partial charge >= 0.3 is 5.69 Å². The van der Waals surface area contributed by atoms with E-state index in [1.165, 1.54) is 4.57 Å². The van der Waals surface area contributed by atoms with Gasteiger partial charge in [0.2, 0.25) is 0 Å². The number of aromatic nitrogens is 3. The van der Waals surface area contributed by atoms with Crippen LogP contribution in [-0.2, 0) is 6.54 Å². The number of pyridine rings is 1. The van der Waals surface area contributed by atoms with Crippen molar-refractivity contribution in [2.75, 3.05) is 39.3 Å². The van der Waals surface area contributed by atoms with E-state index in [9.17, 15) is 14.4 Å². The van der Waals surface area contributed by atoms with Crippen LogP contribution >= 0.6 is 0 Å². The van der Waals surface area contributed by atoms with Gasteiger partial charge in [0.05, 0.1) is 10.9 Å². The first-order valence-electron chi connectivity index (χ1n) is 9.81. The van der Waals surface area contributed by atoms with Crippen LogP contribution in [-0.4, -0.2) is 64.6 Å².